The smallest absolute Gasteiger partial charge is 0.168 e. The van der Waals surface area contributed by atoms with Gasteiger partial charge in [-0.15, -0.1) is 0 Å². The molecule has 1 atom stereocenters. The largest absolute Gasteiger partial charge is 0.494 e. The third-order valence-electron chi connectivity index (χ3n) is 4.20. The average Bonchev–Trinajstić information content (AvgIpc) is 3.24. The van der Waals surface area contributed by atoms with Crippen LogP contribution in [0.1, 0.15) is 32.3 Å². The van der Waals surface area contributed by atoms with Gasteiger partial charge in [0.15, 0.2) is 11.6 Å². The van der Waals surface area contributed by atoms with Gasteiger partial charge in [0, 0.05) is 6.54 Å². The van der Waals surface area contributed by atoms with Gasteiger partial charge >= 0.3 is 0 Å². The van der Waals surface area contributed by atoms with Gasteiger partial charge in [-0.25, -0.2) is 4.39 Å². The van der Waals surface area contributed by atoms with Crippen molar-refractivity contribution in [1.82, 2.24) is 5.32 Å². The summed E-state index contributed by atoms with van der Waals surface area (Å²) in [6.07, 6.45) is 3.31. The van der Waals surface area contributed by atoms with E-state index in [4.69, 9.17) is 4.74 Å². The molecular weight excluding hydrogens is 241 g/mol. The molecule has 2 rings (SSSR count). The Morgan fingerprint density at radius 3 is 2.74 bits per heavy atom. The lowest BCUT2D eigenvalue weighted by Gasteiger charge is -2.30. The lowest BCUT2D eigenvalue weighted by Crippen LogP contribution is -2.35. The number of rotatable bonds is 7. The molecule has 106 valence electrons. The minimum Gasteiger partial charge on any atom is -0.494 e. The summed E-state index contributed by atoms with van der Waals surface area (Å²) >= 11 is 0. The highest BCUT2D eigenvalue weighted by Gasteiger charge is 2.41. The van der Waals surface area contributed by atoms with Crippen LogP contribution in [0, 0.1) is 17.2 Å². The van der Waals surface area contributed by atoms with Crippen molar-refractivity contribution < 1.29 is 9.13 Å². The third-order valence-corrected chi connectivity index (χ3v) is 4.20. The fraction of sp³-hybridized carbons (Fsp3) is 0.625. The summed E-state index contributed by atoms with van der Waals surface area (Å²) < 4.78 is 19.3. The predicted octanol–water partition coefficient (Wildman–Crippen LogP) is 3.40. The van der Waals surface area contributed by atoms with Crippen LogP contribution in [-0.4, -0.2) is 20.2 Å². The van der Waals surface area contributed by atoms with E-state index in [2.05, 4.69) is 19.2 Å². The molecular formula is C16H24FNO. The van der Waals surface area contributed by atoms with E-state index in [9.17, 15) is 4.39 Å². The van der Waals surface area contributed by atoms with E-state index < -0.39 is 0 Å². The molecule has 1 unspecified atom stereocenters. The zero-order valence-corrected chi connectivity index (χ0v) is 12.1. The molecule has 1 fully saturated rings. The molecule has 2 nitrogen and oxygen atoms in total. The van der Waals surface area contributed by atoms with Crippen LogP contribution in [-0.2, 0) is 6.42 Å². The van der Waals surface area contributed by atoms with Crippen molar-refractivity contribution in [1.29, 1.82) is 0 Å². The summed E-state index contributed by atoms with van der Waals surface area (Å²) in [7, 11) is 1.51. The van der Waals surface area contributed by atoms with Crippen LogP contribution in [0.25, 0.3) is 0 Å². The van der Waals surface area contributed by atoms with Gasteiger partial charge in [-0.2, -0.15) is 0 Å². The van der Waals surface area contributed by atoms with Gasteiger partial charge in [-0.05, 0) is 48.8 Å². The average molecular weight is 265 g/mol. The number of halogens is 1. The summed E-state index contributed by atoms with van der Waals surface area (Å²) in [5, 5.41) is 3.42. The lowest BCUT2D eigenvalue weighted by molar-refractivity contribution is 0.254. The molecule has 3 heteroatoms. The van der Waals surface area contributed by atoms with Crippen LogP contribution in [0.3, 0.4) is 0 Å². The number of hydrogen-bond acceptors (Lipinski definition) is 2. The molecule has 19 heavy (non-hydrogen) atoms. The number of benzene rings is 1. The van der Waals surface area contributed by atoms with Crippen molar-refractivity contribution >= 4 is 0 Å². The van der Waals surface area contributed by atoms with E-state index in [-0.39, 0.29) is 11.2 Å². The van der Waals surface area contributed by atoms with Gasteiger partial charge < -0.3 is 10.1 Å². The normalized spacial score (nSPS) is 18.1. The highest BCUT2D eigenvalue weighted by molar-refractivity contribution is 5.32. The van der Waals surface area contributed by atoms with Crippen molar-refractivity contribution in [3.63, 3.8) is 0 Å². The quantitative estimate of drug-likeness (QED) is 0.816. The molecule has 1 aliphatic carbocycles. The Hall–Kier alpha value is -1.09. The molecule has 0 aromatic heterocycles. The zero-order valence-electron chi connectivity index (χ0n) is 12.1. The minimum absolute atomic E-state index is 0.142. The van der Waals surface area contributed by atoms with Crippen LogP contribution in [0.5, 0.6) is 5.75 Å². The Labute approximate surface area is 115 Å². The summed E-state index contributed by atoms with van der Waals surface area (Å²) in [5.41, 5.74) is 0.912. The standard InChI is InChI=1S/C16H24FNO/c1-4-18-11-16(2,13-8-9-13)10-12-6-5-7-14(19-3)15(12)17/h5-7,13,18H,4,8-11H2,1-3H3. The maximum atomic E-state index is 14.3. The Kier molecular flexibility index (Phi) is 4.46. The van der Waals surface area contributed by atoms with Crippen LogP contribution in [0.15, 0.2) is 18.2 Å². The van der Waals surface area contributed by atoms with Gasteiger partial charge in [-0.3, -0.25) is 0 Å². The van der Waals surface area contributed by atoms with E-state index in [1.807, 2.05) is 12.1 Å². The first-order chi connectivity index (χ1) is 9.10. The number of methoxy groups -OCH3 is 1. The summed E-state index contributed by atoms with van der Waals surface area (Å²) in [6.45, 7) is 6.29. The Morgan fingerprint density at radius 1 is 1.42 bits per heavy atom. The Balaban J connectivity index is 2.17. The van der Waals surface area contributed by atoms with Crippen LogP contribution in [0.4, 0.5) is 4.39 Å². The molecule has 0 radical (unpaired) electrons. The van der Waals surface area contributed by atoms with Crippen molar-refractivity contribution in [2.24, 2.45) is 11.3 Å². The molecule has 1 aliphatic rings. The number of nitrogens with one attached hydrogen (secondary N) is 1. The lowest BCUT2D eigenvalue weighted by atomic mass is 9.78. The van der Waals surface area contributed by atoms with Crippen molar-refractivity contribution in [2.75, 3.05) is 20.2 Å². The molecule has 0 aliphatic heterocycles. The first-order valence-electron chi connectivity index (χ1n) is 7.13. The highest BCUT2D eigenvalue weighted by atomic mass is 19.1. The topological polar surface area (TPSA) is 21.3 Å². The van der Waals surface area contributed by atoms with E-state index in [0.29, 0.717) is 5.75 Å². The maximum Gasteiger partial charge on any atom is 0.168 e. The summed E-state index contributed by atoms with van der Waals surface area (Å²) in [6, 6.07) is 5.43. The van der Waals surface area contributed by atoms with Gasteiger partial charge in [0.05, 0.1) is 7.11 Å². The molecule has 1 saturated carbocycles. The molecule has 0 amide bonds. The van der Waals surface area contributed by atoms with E-state index >= 15 is 0 Å². The first-order valence-corrected chi connectivity index (χ1v) is 7.13. The third kappa shape index (κ3) is 3.27. The second-order valence-corrected chi connectivity index (χ2v) is 5.82. The van der Waals surface area contributed by atoms with E-state index in [1.165, 1.54) is 20.0 Å². The van der Waals surface area contributed by atoms with E-state index in [1.54, 1.807) is 6.07 Å². The fourth-order valence-corrected chi connectivity index (χ4v) is 2.83. The van der Waals surface area contributed by atoms with Crippen molar-refractivity contribution in [2.45, 2.75) is 33.1 Å². The van der Waals surface area contributed by atoms with Gasteiger partial charge in [0.2, 0.25) is 0 Å². The molecule has 1 aromatic rings. The molecule has 0 bridgehead atoms. The summed E-state index contributed by atoms with van der Waals surface area (Å²) in [4.78, 5) is 0. The number of ether oxygens (including phenoxy) is 1. The van der Waals surface area contributed by atoms with Crippen LogP contribution in [0.2, 0.25) is 0 Å². The first kappa shape index (κ1) is 14.3. The molecule has 0 heterocycles. The zero-order chi connectivity index (χ0) is 13.9. The van der Waals surface area contributed by atoms with Crippen molar-refractivity contribution in [3.05, 3.63) is 29.6 Å². The predicted molar refractivity (Wildman–Crippen MR) is 76.0 cm³/mol. The molecule has 0 spiro atoms. The van der Waals surface area contributed by atoms with Gasteiger partial charge in [0.1, 0.15) is 0 Å². The second-order valence-electron chi connectivity index (χ2n) is 5.82. The Bertz CT molecular complexity index is 431. The molecule has 1 N–H and O–H groups in total. The molecule has 1 aromatic carbocycles. The van der Waals surface area contributed by atoms with Crippen LogP contribution >= 0.6 is 0 Å². The fourth-order valence-electron chi connectivity index (χ4n) is 2.83. The van der Waals surface area contributed by atoms with Crippen LogP contribution < -0.4 is 10.1 Å². The Morgan fingerprint density at radius 2 is 2.16 bits per heavy atom. The van der Waals surface area contributed by atoms with Crippen molar-refractivity contribution in [3.8, 4) is 5.75 Å². The summed E-state index contributed by atoms with van der Waals surface area (Å²) in [5.74, 6) is 0.865. The molecule has 0 saturated heterocycles. The minimum atomic E-state index is -0.201. The van der Waals surface area contributed by atoms with E-state index in [0.717, 1.165) is 31.0 Å². The highest BCUT2D eigenvalue weighted by Crippen LogP contribution is 2.47. The van der Waals surface area contributed by atoms with Gasteiger partial charge in [0.25, 0.3) is 0 Å². The second kappa shape index (κ2) is 5.91. The maximum absolute atomic E-state index is 14.3. The monoisotopic (exact) mass is 265 g/mol. The SMILES string of the molecule is CCNCC(C)(Cc1cccc(OC)c1F)C1CC1. The van der Waals surface area contributed by atoms with Gasteiger partial charge in [-0.1, -0.05) is 26.0 Å². The number of hydrogen-bond donors (Lipinski definition) is 1.